The molecule has 0 bridgehead atoms. The molecule has 13 heteroatoms. The fraction of sp³-hybridized carbons (Fsp3) is 0.462. The van der Waals surface area contributed by atoms with Gasteiger partial charge in [0.15, 0.2) is 5.65 Å². The highest BCUT2D eigenvalue weighted by Crippen LogP contribution is 2.50. The molecule has 6 rings (SSSR count). The van der Waals surface area contributed by atoms with E-state index in [1.807, 2.05) is 0 Å². The summed E-state index contributed by atoms with van der Waals surface area (Å²) in [5.74, 6) is -0.482. The Kier molecular flexibility index (Phi) is 4.06. The number of alkyl carbamates (subject to hydrolysis) is 1. The maximum absolute atomic E-state index is 13.6. The highest BCUT2D eigenvalue weighted by Gasteiger charge is 2.60. The summed E-state index contributed by atoms with van der Waals surface area (Å²) in [5.41, 5.74) is 3.85. The Bertz CT molecular complexity index is 1970. The Balaban J connectivity index is 1.43. The molecule has 0 unspecified atom stereocenters. The number of carbonyl (C=O) groups is 2. The number of imidazole rings is 1. The molecule has 0 saturated heterocycles. The van der Waals surface area contributed by atoms with Crippen molar-refractivity contribution in [3.05, 3.63) is 40.6 Å². The molecule has 2 aliphatic rings. The molecule has 0 aliphatic heterocycles. The molecule has 204 valence electrons. The first-order chi connectivity index (χ1) is 21.4. The fourth-order valence-corrected chi connectivity index (χ4v) is 5.52. The molecule has 0 aromatic carbocycles. The lowest BCUT2D eigenvalue weighted by molar-refractivity contribution is -0.123. The molecule has 4 atom stereocenters. The number of ether oxygens (including phenoxy) is 1. The number of rotatable bonds is 6. The molecule has 4 aromatic rings. The van der Waals surface area contributed by atoms with Crippen LogP contribution in [0.3, 0.4) is 0 Å². The van der Waals surface area contributed by atoms with Crippen molar-refractivity contribution < 1.29 is 23.9 Å². The van der Waals surface area contributed by atoms with Crippen LogP contribution in [0.1, 0.15) is 53.9 Å². The number of carbonyl (C=O) groups excluding carboxylic acids is 2. The molecule has 2 amide bonds. The SMILES string of the molecule is [2H]C([2H])([2H])c1nn([C@@]2(C(N)=O)C[C@@H]2C)c2nc(Nc3cc4c(cn3)n(C([2H])([2H])[2H])c(=O)n4[C@@H]3CC[C@@]([2H])(NC(=O)OC)C3)ccc12. The first kappa shape index (κ1) is 18.0. The second-order valence-electron chi connectivity index (χ2n) is 10.0. The number of methoxy groups -OCH3 is 1. The molecule has 2 saturated carbocycles. The van der Waals surface area contributed by atoms with Crippen molar-refractivity contribution in [2.75, 3.05) is 12.4 Å². The average Bonchev–Trinajstić information content (AvgIpc) is 3.21. The van der Waals surface area contributed by atoms with Crippen LogP contribution in [-0.2, 0) is 22.0 Å². The minimum atomic E-state index is -2.83. The number of primary amides is 1. The number of aryl methyl sites for hydroxylation is 2. The fourth-order valence-electron chi connectivity index (χ4n) is 5.52. The molecule has 4 heterocycles. The molecule has 2 aliphatic carbocycles. The third kappa shape index (κ3) is 3.82. The Morgan fingerprint density at radius 2 is 2.10 bits per heavy atom. The first-order valence-electron chi connectivity index (χ1n) is 15.9. The lowest BCUT2D eigenvalue weighted by Gasteiger charge is -2.15. The zero-order valence-corrected chi connectivity index (χ0v) is 21.2. The van der Waals surface area contributed by atoms with Gasteiger partial charge in [0.05, 0.1) is 31.4 Å². The van der Waals surface area contributed by atoms with E-state index in [0.29, 0.717) is 17.4 Å². The summed E-state index contributed by atoms with van der Waals surface area (Å²) in [6.45, 7) is -3.62. The van der Waals surface area contributed by atoms with E-state index >= 15 is 0 Å². The van der Waals surface area contributed by atoms with Gasteiger partial charge in [0.1, 0.15) is 17.2 Å². The third-order valence-electron chi connectivity index (χ3n) is 7.71. The number of nitrogens with zero attached hydrogens (tertiary/aromatic N) is 6. The Hall–Kier alpha value is -4.42. The molecule has 0 spiro atoms. The van der Waals surface area contributed by atoms with Crippen LogP contribution in [0.15, 0.2) is 29.2 Å². The van der Waals surface area contributed by atoms with Gasteiger partial charge in [0, 0.05) is 38.7 Å². The summed E-state index contributed by atoms with van der Waals surface area (Å²) >= 11 is 0. The first-order valence-corrected chi connectivity index (χ1v) is 12.4. The smallest absolute Gasteiger partial charge is 0.407 e. The Morgan fingerprint density at radius 1 is 1.28 bits per heavy atom. The number of aromatic nitrogens is 6. The highest BCUT2D eigenvalue weighted by atomic mass is 16.5. The number of nitrogens with one attached hydrogen (secondary N) is 2. The molecule has 2 fully saturated rings. The highest BCUT2D eigenvalue weighted by molar-refractivity contribution is 5.90. The number of anilines is 2. The van der Waals surface area contributed by atoms with Gasteiger partial charge in [-0.05, 0) is 50.6 Å². The van der Waals surface area contributed by atoms with Gasteiger partial charge in [0.25, 0.3) is 0 Å². The quantitative estimate of drug-likeness (QED) is 0.335. The number of amides is 2. The van der Waals surface area contributed by atoms with Gasteiger partial charge in [-0.25, -0.2) is 24.2 Å². The van der Waals surface area contributed by atoms with Crippen LogP contribution < -0.4 is 22.1 Å². The van der Waals surface area contributed by atoms with Crippen molar-refractivity contribution in [1.82, 2.24) is 34.2 Å². The normalized spacial score (nSPS) is 29.4. The van der Waals surface area contributed by atoms with E-state index < -0.39 is 49.1 Å². The largest absolute Gasteiger partial charge is 0.453 e. The number of nitrogens with two attached hydrogens (primary N) is 1. The number of fused-ring (bicyclic) bond motifs is 2. The predicted molar refractivity (Wildman–Crippen MR) is 144 cm³/mol. The van der Waals surface area contributed by atoms with Crippen LogP contribution in [0, 0.1) is 12.8 Å². The minimum absolute atomic E-state index is 0.0152. The standard InChI is InChI=1S/C26H31N9O4/c1-13-11-26(13,23(27)36)35-22-17(14(2)32-35)7-8-20(31-22)30-21-10-18-19(12-28-21)33(3)25(38)34(18)16-6-5-15(9-16)29-24(37)39-4/h7-8,10,12-13,15-16H,5-6,9,11H2,1-4H3,(H2,27,36)(H,29,37)(H,28,30,31)/t13-,15+,16+,26-/m0/s1/i2D3,3D3,15D. The van der Waals surface area contributed by atoms with E-state index in [-0.39, 0.29) is 58.2 Å². The lowest BCUT2D eigenvalue weighted by atomic mass is 10.2. The maximum atomic E-state index is 13.6. The summed E-state index contributed by atoms with van der Waals surface area (Å²) in [4.78, 5) is 46.8. The summed E-state index contributed by atoms with van der Waals surface area (Å²) < 4.78 is 64.4. The third-order valence-corrected chi connectivity index (χ3v) is 7.71. The Morgan fingerprint density at radius 3 is 2.79 bits per heavy atom. The van der Waals surface area contributed by atoms with E-state index in [2.05, 4.69) is 30.4 Å². The van der Waals surface area contributed by atoms with Gasteiger partial charge in [-0.2, -0.15) is 5.10 Å². The van der Waals surface area contributed by atoms with Crippen LogP contribution in [0.25, 0.3) is 22.1 Å². The zero-order valence-electron chi connectivity index (χ0n) is 28.2. The van der Waals surface area contributed by atoms with Gasteiger partial charge in [0.2, 0.25) is 5.91 Å². The van der Waals surface area contributed by atoms with Crippen molar-refractivity contribution in [3.63, 3.8) is 0 Å². The van der Waals surface area contributed by atoms with E-state index in [1.54, 1.807) is 6.92 Å². The van der Waals surface area contributed by atoms with Crippen LogP contribution in [0.2, 0.25) is 0 Å². The van der Waals surface area contributed by atoms with Crippen LogP contribution in [0.5, 0.6) is 0 Å². The number of hydrogen-bond donors (Lipinski definition) is 3. The van der Waals surface area contributed by atoms with Crippen molar-refractivity contribution in [3.8, 4) is 0 Å². The molecule has 4 N–H and O–H groups in total. The number of hydrogen-bond acceptors (Lipinski definition) is 8. The number of pyridine rings is 2. The van der Waals surface area contributed by atoms with Gasteiger partial charge in [-0.15, -0.1) is 0 Å². The maximum Gasteiger partial charge on any atom is 0.407 e. The van der Waals surface area contributed by atoms with Gasteiger partial charge < -0.3 is 21.1 Å². The van der Waals surface area contributed by atoms with Crippen molar-refractivity contribution >= 4 is 45.7 Å². The molecule has 4 aromatic heterocycles. The summed E-state index contributed by atoms with van der Waals surface area (Å²) in [6.07, 6.45) is 1.31. The predicted octanol–water partition coefficient (Wildman–Crippen LogP) is 2.20. The topological polar surface area (TPSA) is 164 Å². The zero-order chi connectivity index (χ0) is 33.6. The molecule has 39 heavy (non-hydrogen) atoms. The van der Waals surface area contributed by atoms with Crippen LogP contribution in [0.4, 0.5) is 16.4 Å². The monoisotopic (exact) mass is 540 g/mol. The second kappa shape index (κ2) is 8.82. The van der Waals surface area contributed by atoms with E-state index in [4.69, 9.17) is 15.3 Å². The average molecular weight is 541 g/mol. The van der Waals surface area contributed by atoms with E-state index in [1.165, 1.54) is 40.8 Å². The lowest BCUT2D eigenvalue weighted by Crippen LogP contribution is -2.36. The molecular weight excluding hydrogens is 502 g/mol. The van der Waals surface area contributed by atoms with Gasteiger partial charge in [-0.1, -0.05) is 6.92 Å². The molecule has 0 radical (unpaired) electrons. The summed E-state index contributed by atoms with van der Waals surface area (Å²) in [7, 11) is 1.18. The van der Waals surface area contributed by atoms with Crippen LogP contribution >= 0.6 is 0 Å². The molecular formula is C26H31N9O4. The molecule has 13 nitrogen and oxygen atoms in total. The summed E-state index contributed by atoms with van der Waals surface area (Å²) in [5, 5.41) is 10.00. The van der Waals surface area contributed by atoms with Gasteiger partial charge in [-0.3, -0.25) is 13.9 Å². The van der Waals surface area contributed by atoms with Crippen molar-refractivity contribution in [1.29, 1.82) is 0 Å². The van der Waals surface area contributed by atoms with Crippen molar-refractivity contribution in [2.45, 2.75) is 57.1 Å². The second-order valence-corrected chi connectivity index (χ2v) is 10.0. The van der Waals surface area contributed by atoms with E-state index in [9.17, 15) is 14.4 Å². The minimum Gasteiger partial charge on any atom is -0.453 e. The summed E-state index contributed by atoms with van der Waals surface area (Å²) in [6, 6.07) is 2.43. The van der Waals surface area contributed by atoms with Crippen molar-refractivity contribution in [2.24, 2.45) is 18.6 Å². The van der Waals surface area contributed by atoms with E-state index in [0.717, 1.165) is 0 Å². The van der Waals surface area contributed by atoms with Crippen LogP contribution in [-0.4, -0.2) is 54.0 Å². The Labute approximate surface area is 233 Å². The van der Waals surface area contributed by atoms with Gasteiger partial charge >= 0.3 is 11.8 Å².